The molecule has 6 heteroatoms. The number of anilines is 1. The van der Waals surface area contributed by atoms with Gasteiger partial charge in [-0.2, -0.15) is 0 Å². The summed E-state index contributed by atoms with van der Waals surface area (Å²) >= 11 is 0. The van der Waals surface area contributed by atoms with E-state index in [1.807, 2.05) is 36.4 Å². The number of ether oxygens (including phenoxy) is 1. The van der Waals surface area contributed by atoms with E-state index >= 15 is 0 Å². The van der Waals surface area contributed by atoms with Crippen molar-refractivity contribution in [3.05, 3.63) is 77.9 Å². The lowest BCUT2D eigenvalue weighted by Crippen LogP contribution is -2.16. The van der Waals surface area contributed by atoms with Crippen molar-refractivity contribution in [1.82, 2.24) is 0 Å². The largest absolute Gasteiger partial charge is 0.507 e. The van der Waals surface area contributed by atoms with Crippen molar-refractivity contribution < 1.29 is 18.3 Å². The lowest BCUT2D eigenvalue weighted by molar-refractivity contribution is 0.242. The number of benzene rings is 3. The van der Waals surface area contributed by atoms with Crippen LogP contribution in [-0.4, -0.2) is 19.8 Å². The van der Waals surface area contributed by atoms with E-state index < -0.39 is 16.1 Å². The molecule has 0 radical (unpaired) electrons. The van der Waals surface area contributed by atoms with E-state index in [2.05, 4.69) is 4.72 Å². The van der Waals surface area contributed by atoms with Crippen molar-refractivity contribution in [2.45, 2.75) is 6.10 Å². The Labute approximate surface area is 151 Å². The number of fused-ring (bicyclic) bond motifs is 3. The molecule has 1 aliphatic rings. The van der Waals surface area contributed by atoms with Crippen LogP contribution >= 0.6 is 0 Å². The maximum Gasteiger partial charge on any atom is 0.229 e. The van der Waals surface area contributed by atoms with Crippen LogP contribution in [-0.2, 0) is 10.0 Å². The summed E-state index contributed by atoms with van der Waals surface area (Å²) in [6.45, 7) is 0. The third kappa shape index (κ3) is 2.99. The molecule has 3 aromatic rings. The average Bonchev–Trinajstić information content (AvgIpc) is 2.60. The molecular weight excluding hydrogens is 350 g/mol. The minimum atomic E-state index is -3.39. The monoisotopic (exact) mass is 367 g/mol. The maximum atomic E-state index is 11.6. The highest BCUT2D eigenvalue weighted by molar-refractivity contribution is 7.92. The molecule has 0 bridgehead atoms. The van der Waals surface area contributed by atoms with Gasteiger partial charge in [-0.25, -0.2) is 8.42 Å². The van der Waals surface area contributed by atoms with Crippen LogP contribution in [0.1, 0.15) is 17.2 Å². The average molecular weight is 367 g/mol. The summed E-state index contributed by atoms with van der Waals surface area (Å²) in [5.41, 5.74) is 3.62. The van der Waals surface area contributed by atoms with Crippen LogP contribution in [0.3, 0.4) is 0 Å². The number of sulfonamides is 1. The molecule has 1 heterocycles. The van der Waals surface area contributed by atoms with Gasteiger partial charge in [0.2, 0.25) is 10.0 Å². The SMILES string of the molecule is CS(=O)(=O)Nc1ccc2c(c1)C(c1ccccc1)Oc1cccc(O)c1-2. The van der Waals surface area contributed by atoms with Gasteiger partial charge in [0.05, 0.1) is 11.8 Å². The van der Waals surface area contributed by atoms with Gasteiger partial charge >= 0.3 is 0 Å². The number of phenolic OH excluding ortho intramolecular Hbond substituents is 1. The molecule has 0 amide bonds. The second-order valence-electron chi connectivity index (χ2n) is 6.24. The van der Waals surface area contributed by atoms with Gasteiger partial charge in [-0.1, -0.05) is 42.5 Å². The third-order valence-corrected chi connectivity index (χ3v) is 4.86. The highest BCUT2D eigenvalue weighted by Crippen LogP contribution is 2.49. The Bertz CT molecular complexity index is 1080. The number of nitrogens with one attached hydrogen (secondary N) is 1. The van der Waals surface area contributed by atoms with Crippen LogP contribution in [0.2, 0.25) is 0 Å². The molecule has 0 spiro atoms. The van der Waals surface area contributed by atoms with Crippen LogP contribution in [0, 0.1) is 0 Å². The van der Waals surface area contributed by atoms with Crippen LogP contribution in [0.25, 0.3) is 11.1 Å². The van der Waals surface area contributed by atoms with Gasteiger partial charge in [-0.05, 0) is 35.4 Å². The van der Waals surface area contributed by atoms with Gasteiger partial charge < -0.3 is 9.84 Å². The normalized spacial score (nSPS) is 15.5. The zero-order chi connectivity index (χ0) is 18.3. The van der Waals surface area contributed by atoms with Gasteiger partial charge in [-0.15, -0.1) is 0 Å². The fourth-order valence-corrected chi connectivity index (χ4v) is 3.79. The minimum absolute atomic E-state index is 0.124. The molecule has 4 rings (SSSR count). The Kier molecular flexibility index (Phi) is 3.85. The summed E-state index contributed by atoms with van der Waals surface area (Å²) in [7, 11) is -3.39. The van der Waals surface area contributed by atoms with Crippen LogP contribution < -0.4 is 9.46 Å². The zero-order valence-electron chi connectivity index (χ0n) is 14.0. The molecule has 5 nitrogen and oxygen atoms in total. The molecule has 132 valence electrons. The molecule has 2 N–H and O–H groups in total. The molecule has 0 saturated carbocycles. The molecule has 3 aromatic carbocycles. The van der Waals surface area contributed by atoms with E-state index in [-0.39, 0.29) is 5.75 Å². The van der Waals surface area contributed by atoms with E-state index in [1.54, 1.807) is 30.3 Å². The predicted molar refractivity (Wildman–Crippen MR) is 101 cm³/mol. The standard InChI is InChI=1S/C20H17NO4S/c1-26(23,24)21-14-10-11-15-16(12-14)20(13-6-3-2-4-7-13)25-18-9-5-8-17(22)19(15)18/h2-12,20-22H,1H3. The summed E-state index contributed by atoms with van der Waals surface area (Å²) < 4.78 is 31.8. The predicted octanol–water partition coefficient (Wildman–Crippen LogP) is 3.91. The summed E-state index contributed by atoms with van der Waals surface area (Å²) in [5.74, 6) is 0.717. The van der Waals surface area contributed by atoms with E-state index in [1.165, 1.54) is 0 Å². The Hall–Kier alpha value is -2.99. The zero-order valence-corrected chi connectivity index (χ0v) is 14.8. The first-order valence-electron chi connectivity index (χ1n) is 8.08. The van der Waals surface area contributed by atoms with E-state index in [4.69, 9.17) is 4.74 Å². The van der Waals surface area contributed by atoms with E-state index in [0.29, 0.717) is 17.0 Å². The first-order chi connectivity index (χ1) is 12.4. The lowest BCUT2D eigenvalue weighted by Gasteiger charge is -2.30. The molecule has 0 fully saturated rings. The smallest absolute Gasteiger partial charge is 0.229 e. The van der Waals surface area contributed by atoms with E-state index in [0.717, 1.165) is 22.9 Å². The number of hydrogen-bond acceptors (Lipinski definition) is 4. The molecule has 1 atom stereocenters. The Morgan fingerprint density at radius 1 is 1.00 bits per heavy atom. The topological polar surface area (TPSA) is 75.6 Å². The maximum absolute atomic E-state index is 11.6. The van der Waals surface area contributed by atoms with Crippen LogP contribution in [0.15, 0.2) is 66.7 Å². The molecule has 0 aromatic heterocycles. The number of hydrogen-bond donors (Lipinski definition) is 2. The van der Waals surface area contributed by atoms with E-state index in [9.17, 15) is 13.5 Å². The number of phenols is 1. The van der Waals surface area contributed by atoms with Crippen molar-refractivity contribution >= 4 is 15.7 Å². The minimum Gasteiger partial charge on any atom is -0.507 e. The van der Waals surface area contributed by atoms with Crippen LogP contribution in [0.5, 0.6) is 11.5 Å². The molecular formula is C20H17NO4S. The molecule has 1 aliphatic heterocycles. The van der Waals surface area contributed by atoms with Gasteiger partial charge in [0, 0.05) is 11.3 Å². The summed E-state index contributed by atoms with van der Waals surface area (Å²) in [4.78, 5) is 0. The first kappa shape index (κ1) is 16.5. The lowest BCUT2D eigenvalue weighted by atomic mass is 9.89. The number of rotatable bonds is 3. The summed E-state index contributed by atoms with van der Waals surface area (Å²) in [6, 6.07) is 20.1. The quantitative estimate of drug-likeness (QED) is 0.736. The highest BCUT2D eigenvalue weighted by atomic mass is 32.2. The fourth-order valence-electron chi connectivity index (χ4n) is 3.24. The van der Waals surface area contributed by atoms with Crippen molar-refractivity contribution in [2.75, 3.05) is 11.0 Å². The molecule has 0 saturated heterocycles. The van der Waals surface area contributed by atoms with Gasteiger partial charge in [0.1, 0.15) is 17.6 Å². The molecule has 26 heavy (non-hydrogen) atoms. The van der Waals surface area contributed by atoms with Crippen LogP contribution in [0.4, 0.5) is 5.69 Å². The second kappa shape index (κ2) is 6.07. The third-order valence-electron chi connectivity index (χ3n) is 4.26. The Morgan fingerprint density at radius 2 is 1.77 bits per heavy atom. The summed E-state index contributed by atoms with van der Waals surface area (Å²) in [5, 5.41) is 10.3. The molecule has 0 aliphatic carbocycles. The van der Waals surface area contributed by atoms with Crippen molar-refractivity contribution in [2.24, 2.45) is 0 Å². The number of aromatic hydroxyl groups is 1. The van der Waals surface area contributed by atoms with Gasteiger partial charge in [0.15, 0.2) is 0 Å². The second-order valence-corrected chi connectivity index (χ2v) is 7.98. The first-order valence-corrected chi connectivity index (χ1v) is 9.97. The van der Waals surface area contributed by atoms with Crippen molar-refractivity contribution in [3.63, 3.8) is 0 Å². The Balaban J connectivity index is 1.92. The van der Waals surface area contributed by atoms with Crippen molar-refractivity contribution in [1.29, 1.82) is 0 Å². The van der Waals surface area contributed by atoms with Crippen molar-refractivity contribution in [3.8, 4) is 22.6 Å². The summed E-state index contributed by atoms with van der Waals surface area (Å²) in [6.07, 6.45) is 0.709. The molecule has 1 unspecified atom stereocenters. The Morgan fingerprint density at radius 3 is 2.50 bits per heavy atom. The van der Waals surface area contributed by atoms with Gasteiger partial charge in [0.25, 0.3) is 0 Å². The highest BCUT2D eigenvalue weighted by Gasteiger charge is 2.29. The van der Waals surface area contributed by atoms with Gasteiger partial charge in [-0.3, -0.25) is 4.72 Å². The fraction of sp³-hybridized carbons (Fsp3) is 0.100.